The highest BCUT2D eigenvalue weighted by Crippen LogP contribution is 2.12. The van der Waals surface area contributed by atoms with Crippen LogP contribution in [0.4, 0.5) is 0 Å². The maximum absolute atomic E-state index is 11.6. The summed E-state index contributed by atoms with van der Waals surface area (Å²) in [6, 6.07) is 0. The number of hydrogen-bond donors (Lipinski definition) is 2. The van der Waals surface area contributed by atoms with E-state index in [1.54, 1.807) is 0 Å². The first-order valence-electron chi connectivity index (χ1n) is 6.09. The third kappa shape index (κ3) is 4.20. The molecule has 3 heteroatoms. The fourth-order valence-electron chi connectivity index (χ4n) is 1.82. The highest BCUT2D eigenvalue weighted by atomic mass is 16.1. The van der Waals surface area contributed by atoms with E-state index in [4.69, 9.17) is 0 Å². The summed E-state index contributed by atoms with van der Waals surface area (Å²) in [6.07, 6.45) is 2.37. The zero-order valence-corrected chi connectivity index (χ0v) is 10.2. The first-order chi connectivity index (χ1) is 7.11. The second-order valence-corrected chi connectivity index (χ2v) is 4.97. The molecule has 0 aromatic rings. The second kappa shape index (κ2) is 6.11. The van der Waals surface area contributed by atoms with E-state index in [0.29, 0.717) is 5.92 Å². The zero-order chi connectivity index (χ0) is 11.3. The number of carbonyl (C=O) groups excluding carboxylic acids is 1. The lowest BCUT2D eigenvalue weighted by molar-refractivity contribution is -0.125. The Labute approximate surface area is 93.0 Å². The molecule has 1 heterocycles. The predicted molar refractivity (Wildman–Crippen MR) is 62.6 cm³/mol. The van der Waals surface area contributed by atoms with Crippen molar-refractivity contribution in [2.45, 2.75) is 33.6 Å². The molecule has 0 bridgehead atoms. The molecular weight excluding hydrogens is 188 g/mol. The molecule has 2 atom stereocenters. The van der Waals surface area contributed by atoms with Gasteiger partial charge in [0.1, 0.15) is 0 Å². The van der Waals surface area contributed by atoms with Crippen LogP contribution < -0.4 is 10.6 Å². The Balaban J connectivity index is 2.11. The Bertz CT molecular complexity index is 198. The molecule has 1 amide bonds. The third-order valence-electron chi connectivity index (χ3n) is 3.43. The van der Waals surface area contributed by atoms with Crippen molar-refractivity contribution in [2.24, 2.45) is 17.8 Å². The van der Waals surface area contributed by atoms with Crippen LogP contribution in [0, 0.1) is 17.8 Å². The highest BCUT2D eigenvalue weighted by molar-refractivity contribution is 5.78. The van der Waals surface area contributed by atoms with Gasteiger partial charge in [0.05, 0.1) is 0 Å². The van der Waals surface area contributed by atoms with Crippen molar-refractivity contribution in [2.75, 3.05) is 19.6 Å². The van der Waals surface area contributed by atoms with Crippen LogP contribution in [0.25, 0.3) is 0 Å². The van der Waals surface area contributed by atoms with Gasteiger partial charge in [-0.25, -0.2) is 0 Å². The molecule has 1 rings (SSSR count). The number of rotatable bonds is 5. The standard InChI is InChI=1S/C12H24N2O/c1-9(2)10(3)12(15)14-7-5-11-4-6-13-8-11/h9-11,13H,4-8H2,1-3H3,(H,14,15). The van der Waals surface area contributed by atoms with Crippen LogP contribution in [-0.2, 0) is 4.79 Å². The number of nitrogens with one attached hydrogen (secondary N) is 2. The summed E-state index contributed by atoms with van der Waals surface area (Å²) >= 11 is 0. The predicted octanol–water partition coefficient (Wildman–Crippen LogP) is 1.39. The molecule has 1 aliphatic heterocycles. The Kier molecular flexibility index (Phi) is 5.09. The fraction of sp³-hybridized carbons (Fsp3) is 0.917. The third-order valence-corrected chi connectivity index (χ3v) is 3.43. The van der Waals surface area contributed by atoms with Crippen molar-refractivity contribution in [3.8, 4) is 0 Å². The smallest absolute Gasteiger partial charge is 0.223 e. The molecule has 2 unspecified atom stereocenters. The van der Waals surface area contributed by atoms with Crippen LogP contribution >= 0.6 is 0 Å². The van der Waals surface area contributed by atoms with Gasteiger partial charge >= 0.3 is 0 Å². The lowest BCUT2D eigenvalue weighted by Gasteiger charge is -2.16. The van der Waals surface area contributed by atoms with Crippen LogP contribution in [0.3, 0.4) is 0 Å². The topological polar surface area (TPSA) is 41.1 Å². The highest BCUT2D eigenvalue weighted by Gasteiger charge is 2.17. The molecule has 2 N–H and O–H groups in total. The number of amides is 1. The normalized spacial score (nSPS) is 23.1. The summed E-state index contributed by atoms with van der Waals surface area (Å²) in [5, 5.41) is 6.36. The van der Waals surface area contributed by atoms with Crippen LogP contribution in [0.5, 0.6) is 0 Å². The van der Waals surface area contributed by atoms with E-state index in [-0.39, 0.29) is 11.8 Å². The monoisotopic (exact) mass is 212 g/mol. The van der Waals surface area contributed by atoms with Gasteiger partial charge in [0, 0.05) is 12.5 Å². The van der Waals surface area contributed by atoms with Gasteiger partial charge in [-0.3, -0.25) is 4.79 Å². The molecule has 0 saturated carbocycles. The SMILES string of the molecule is CC(C)C(C)C(=O)NCCC1CCNC1. The summed E-state index contributed by atoms with van der Waals surface area (Å²) in [6.45, 7) is 9.27. The van der Waals surface area contributed by atoms with Crippen molar-refractivity contribution in [1.29, 1.82) is 0 Å². The van der Waals surface area contributed by atoms with Crippen molar-refractivity contribution in [3.05, 3.63) is 0 Å². The minimum Gasteiger partial charge on any atom is -0.356 e. The van der Waals surface area contributed by atoms with E-state index in [2.05, 4.69) is 24.5 Å². The van der Waals surface area contributed by atoms with E-state index in [0.717, 1.165) is 32.0 Å². The van der Waals surface area contributed by atoms with Gasteiger partial charge in [0.15, 0.2) is 0 Å². The Morgan fingerprint density at radius 3 is 2.73 bits per heavy atom. The first-order valence-corrected chi connectivity index (χ1v) is 6.09. The van der Waals surface area contributed by atoms with E-state index >= 15 is 0 Å². The van der Waals surface area contributed by atoms with Crippen LogP contribution in [-0.4, -0.2) is 25.5 Å². The summed E-state index contributed by atoms with van der Waals surface area (Å²) < 4.78 is 0. The summed E-state index contributed by atoms with van der Waals surface area (Å²) in [5.74, 6) is 1.53. The van der Waals surface area contributed by atoms with E-state index < -0.39 is 0 Å². The average molecular weight is 212 g/mol. The second-order valence-electron chi connectivity index (χ2n) is 4.97. The molecule has 0 spiro atoms. The summed E-state index contributed by atoms with van der Waals surface area (Å²) in [5.41, 5.74) is 0. The van der Waals surface area contributed by atoms with E-state index in [9.17, 15) is 4.79 Å². The average Bonchev–Trinajstić information content (AvgIpc) is 2.69. The molecule has 0 aliphatic carbocycles. The Morgan fingerprint density at radius 2 is 2.20 bits per heavy atom. The maximum atomic E-state index is 11.6. The van der Waals surface area contributed by atoms with Gasteiger partial charge < -0.3 is 10.6 Å². The van der Waals surface area contributed by atoms with Crippen LogP contribution in [0.1, 0.15) is 33.6 Å². The molecule has 3 nitrogen and oxygen atoms in total. The quantitative estimate of drug-likeness (QED) is 0.723. The molecule has 0 aromatic carbocycles. The fourth-order valence-corrected chi connectivity index (χ4v) is 1.82. The molecule has 1 fully saturated rings. The van der Waals surface area contributed by atoms with E-state index in [1.807, 2.05) is 6.92 Å². The van der Waals surface area contributed by atoms with Crippen LogP contribution in [0.15, 0.2) is 0 Å². The van der Waals surface area contributed by atoms with Gasteiger partial charge in [-0.1, -0.05) is 20.8 Å². The Hall–Kier alpha value is -0.570. The minimum absolute atomic E-state index is 0.131. The number of carbonyl (C=O) groups is 1. The molecule has 15 heavy (non-hydrogen) atoms. The Morgan fingerprint density at radius 1 is 1.47 bits per heavy atom. The van der Waals surface area contributed by atoms with Crippen LogP contribution in [0.2, 0.25) is 0 Å². The lowest BCUT2D eigenvalue weighted by Crippen LogP contribution is -2.33. The van der Waals surface area contributed by atoms with Gasteiger partial charge in [0.2, 0.25) is 5.91 Å². The van der Waals surface area contributed by atoms with Crippen molar-refractivity contribution in [3.63, 3.8) is 0 Å². The van der Waals surface area contributed by atoms with Gasteiger partial charge in [-0.2, -0.15) is 0 Å². The minimum atomic E-state index is 0.131. The molecule has 1 saturated heterocycles. The van der Waals surface area contributed by atoms with Crippen molar-refractivity contribution in [1.82, 2.24) is 10.6 Å². The maximum Gasteiger partial charge on any atom is 0.223 e. The molecule has 88 valence electrons. The summed E-state index contributed by atoms with van der Waals surface area (Å²) in [4.78, 5) is 11.6. The van der Waals surface area contributed by atoms with Gasteiger partial charge in [-0.15, -0.1) is 0 Å². The molecule has 0 radical (unpaired) electrons. The largest absolute Gasteiger partial charge is 0.356 e. The first kappa shape index (κ1) is 12.5. The molecule has 0 aromatic heterocycles. The van der Waals surface area contributed by atoms with E-state index in [1.165, 1.54) is 6.42 Å². The molecule has 1 aliphatic rings. The molecular formula is C12H24N2O. The lowest BCUT2D eigenvalue weighted by atomic mass is 9.97. The number of hydrogen-bond acceptors (Lipinski definition) is 2. The zero-order valence-electron chi connectivity index (χ0n) is 10.2. The van der Waals surface area contributed by atoms with Crippen molar-refractivity contribution < 1.29 is 4.79 Å². The van der Waals surface area contributed by atoms with Gasteiger partial charge in [-0.05, 0) is 37.8 Å². The summed E-state index contributed by atoms with van der Waals surface area (Å²) in [7, 11) is 0. The van der Waals surface area contributed by atoms with Crippen molar-refractivity contribution >= 4 is 5.91 Å². The van der Waals surface area contributed by atoms with Gasteiger partial charge in [0.25, 0.3) is 0 Å².